The molecule has 3 aromatic rings. The summed E-state index contributed by atoms with van der Waals surface area (Å²) in [5.41, 5.74) is 15.8. The molecule has 0 aliphatic carbocycles. The normalized spacial score (nSPS) is 17.2. The lowest BCUT2D eigenvalue weighted by Gasteiger charge is -2.41. The third-order valence-corrected chi connectivity index (χ3v) is 5.86. The maximum absolute atomic E-state index is 12.1. The maximum Gasteiger partial charge on any atom is 0.269 e. The minimum atomic E-state index is -0.626. The van der Waals surface area contributed by atoms with Gasteiger partial charge in [-0.25, -0.2) is 4.98 Å². The molecule has 0 bridgehead atoms. The van der Waals surface area contributed by atoms with Crippen LogP contribution in [-0.4, -0.2) is 51.4 Å². The van der Waals surface area contributed by atoms with Crippen LogP contribution in [0.2, 0.25) is 0 Å². The van der Waals surface area contributed by atoms with E-state index in [0.717, 1.165) is 54.0 Å². The molecule has 9 nitrogen and oxygen atoms in total. The van der Waals surface area contributed by atoms with Gasteiger partial charge in [0.2, 0.25) is 0 Å². The van der Waals surface area contributed by atoms with Crippen molar-refractivity contribution >= 4 is 28.3 Å². The first-order valence-electron chi connectivity index (χ1n) is 10.4. The molecule has 0 spiro atoms. The highest BCUT2D eigenvalue weighted by molar-refractivity contribution is 5.96. The fourth-order valence-electron chi connectivity index (χ4n) is 4.06. The molecule has 4 heterocycles. The van der Waals surface area contributed by atoms with Gasteiger partial charge in [0.05, 0.1) is 28.6 Å². The minimum Gasteiger partial charge on any atom is -0.397 e. The summed E-state index contributed by atoms with van der Waals surface area (Å²) in [5, 5.41) is 0. The van der Waals surface area contributed by atoms with Gasteiger partial charge >= 0.3 is 0 Å². The standard InChI is InChI=1S/C22H27N7O2/c1-3-15-7-18-19(27-22(15)31)6-14(9-25-18)12-28-4-5-29(11-13(28)2)16-8-17(23)20(21(24)30)26-10-16/h6-10,13H,3-5,11-12,23H2,1-2H3,(H2,24,30)(H,27,31)/t13-/m1/s1. The predicted molar refractivity (Wildman–Crippen MR) is 121 cm³/mol. The number of nitrogens with zero attached hydrogens (tertiary/aromatic N) is 4. The highest BCUT2D eigenvalue weighted by Gasteiger charge is 2.25. The number of nitrogens with two attached hydrogens (primary N) is 2. The molecule has 1 saturated heterocycles. The van der Waals surface area contributed by atoms with E-state index in [0.29, 0.717) is 12.1 Å². The summed E-state index contributed by atoms with van der Waals surface area (Å²) in [5.74, 6) is -0.626. The van der Waals surface area contributed by atoms with E-state index in [1.165, 1.54) is 0 Å². The number of nitrogen functional groups attached to an aromatic ring is 1. The van der Waals surface area contributed by atoms with Crippen LogP contribution in [0.4, 0.5) is 11.4 Å². The molecule has 0 radical (unpaired) electrons. The molecule has 162 valence electrons. The number of primary amides is 1. The number of nitrogens with one attached hydrogen (secondary N) is 1. The largest absolute Gasteiger partial charge is 0.397 e. The Bertz CT molecular complexity index is 1190. The highest BCUT2D eigenvalue weighted by atomic mass is 16.1. The first-order chi connectivity index (χ1) is 14.9. The van der Waals surface area contributed by atoms with E-state index in [9.17, 15) is 9.59 Å². The summed E-state index contributed by atoms with van der Waals surface area (Å²) >= 11 is 0. The number of rotatable bonds is 5. The number of piperazine rings is 1. The van der Waals surface area contributed by atoms with E-state index in [2.05, 4.69) is 31.7 Å². The molecule has 5 N–H and O–H groups in total. The fraction of sp³-hybridized carbons (Fsp3) is 0.364. The van der Waals surface area contributed by atoms with Crippen LogP contribution in [0.15, 0.2) is 35.4 Å². The fourth-order valence-corrected chi connectivity index (χ4v) is 4.06. The third-order valence-electron chi connectivity index (χ3n) is 5.86. The Balaban J connectivity index is 1.46. The first kappa shape index (κ1) is 20.8. The second-order valence-corrected chi connectivity index (χ2v) is 8.01. The van der Waals surface area contributed by atoms with Crippen molar-refractivity contribution in [2.24, 2.45) is 5.73 Å². The molecular weight excluding hydrogens is 394 g/mol. The average molecular weight is 422 g/mol. The number of aromatic nitrogens is 3. The zero-order valence-corrected chi connectivity index (χ0v) is 17.8. The third kappa shape index (κ3) is 4.22. The molecule has 3 aromatic heterocycles. The molecule has 1 aliphatic heterocycles. The van der Waals surface area contributed by atoms with Crippen LogP contribution in [0.3, 0.4) is 0 Å². The molecule has 1 amide bonds. The lowest BCUT2D eigenvalue weighted by Crippen LogP contribution is -2.51. The van der Waals surface area contributed by atoms with Gasteiger partial charge in [-0.05, 0) is 37.1 Å². The number of hydrogen-bond donors (Lipinski definition) is 3. The van der Waals surface area contributed by atoms with E-state index < -0.39 is 5.91 Å². The highest BCUT2D eigenvalue weighted by Crippen LogP contribution is 2.23. The van der Waals surface area contributed by atoms with E-state index in [4.69, 9.17) is 11.5 Å². The van der Waals surface area contributed by atoms with Crippen molar-refractivity contribution in [2.45, 2.75) is 32.9 Å². The van der Waals surface area contributed by atoms with Crippen molar-refractivity contribution in [2.75, 3.05) is 30.3 Å². The second-order valence-electron chi connectivity index (χ2n) is 8.01. The van der Waals surface area contributed by atoms with Crippen LogP contribution in [-0.2, 0) is 13.0 Å². The van der Waals surface area contributed by atoms with Crippen LogP contribution in [0.5, 0.6) is 0 Å². The summed E-state index contributed by atoms with van der Waals surface area (Å²) in [6, 6.07) is 5.91. The van der Waals surface area contributed by atoms with E-state index in [1.807, 2.05) is 25.3 Å². The molecular formula is C22H27N7O2. The molecule has 0 aromatic carbocycles. The smallest absolute Gasteiger partial charge is 0.269 e. The van der Waals surface area contributed by atoms with Gasteiger partial charge in [-0.3, -0.25) is 19.5 Å². The van der Waals surface area contributed by atoms with Gasteiger partial charge < -0.3 is 21.4 Å². The van der Waals surface area contributed by atoms with Gasteiger partial charge in [0, 0.05) is 44.0 Å². The molecule has 1 aliphatic rings. The van der Waals surface area contributed by atoms with Crippen molar-refractivity contribution in [3.8, 4) is 0 Å². The molecule has 0 saturated carbocycles. The second kappa shape index (κ2) is 8.35. The van der Waals surface area contributed by atoms with E-state index in [-0.39, 0.29) is 17.3 Å². The predicted octanol–water partition coefficient (Wildman–Crippen LogP) is 1.27. The number of aryl methyl sites for hydroxylation is 1. The van der Waals surface area contributed by atoms with E-state index in [1.54, 1.807) is 12.3 Å². The van der Waals surface area contributed by atoms with Crippen LogP contribution >= 0.6 is 0 Å². The number of anilines is 2. The number of hydrogen-bond acceptors (Lipinski definition) is 7. The lowest BCUT2D eigenvalue weighted by molar-refractivity contribution is 0.0996. The van der Waals surface area contributed by atoms with Gasteiger partial charge in [-0.15, -0.1) is 0 Å². The minimum absolute atomic E-state index is 0.0498. The Morgan fingerprint density at radius 2 is 2.03 bits per heavy atom. The zero-order valence-electron chi connectivity index (χ0n) is 17.8. The summed E-state index contributed by atoms with van der Waals surface area (Å²) in [7, 11) is 0. The van der Waals surface area contributed by atoms with Gasteiger partial charge in [-0.2, -0.15) is 0 Å². The topological polar surface area (TPSA) is 134 Å². The SMILES string of the molecule is CCc1cc2ncc(CN3CCN(c4cnc(C(N)=O)c(N)c4)C[C@H]3C)cc2[nH]c1=O. The zero-order chi connectivity index (χ0) is 22.1. The van der Waals surface area contributed by atoms with Crippen molar-refractivity contribution in [1.82, 2.24) is 19.9 Å². The quantitative estimate of drug-likeness (QED) is 0.565. The summed E-state index contributed by atoms with van der Waals surface area (Å²) in [6.07, 6.45) is 4.21. The summed E-state index contributed by atoms with van der Waals surface area (Å²) < 4.78 is 0. The molecule has 0 unspecified atom stereocenters. The van der Waals surface area contributed by atoms with Gasteiger partial charge in [-0.1, -0.05) is 6.92 Å². The van der Waals surface area contributed by atoms with Gasteiger partial charge in [0.15, 0.2) is 5.69 Å². The number of H-pyrrole nitrogens is 1. The molecule has 4 rings (SSSR count). The lowest BCUT2D eigenvalue weighted by atomic mass is 10.1. The van der Waals surface area contributed by atoms with Crippen LogP contribution < -0.4 is 21.9 Å². The van der Waals surface area contributed by atoms with Gasteiger partial charge in [0.25, 0.3) is 11.5 Å². The monoisotopic (exact) mass is 421 g/mol. The van der Waals surface area contributed by atoms with Gasteiger partial charge in [0.1, 0.15) is 0 Å². The van der Waals surface area contributed by atoms with Crippen LogP contribution in [0.1, 0.15) is 35.5 Å². The number of carbonyl (C=O) groups excluding carboxylic acids is 1. The number of fused-ring (bicyclic) bond motifs is 1. The van der Waals surface area contributed by atoms with Crippen molar-refractivity contribution < 1.29 is 4.79 Å². The first-order valence-corrected chi connectivity index (χ1v) is 10.4. The maximum atomic E-state index is 12.1. The van der Waals surface area contributed by atoms with Crippen molar-refractivity contribution in [1.29, 1.82) is 0 Å². The summed E-state index contributed by atoms with van der Waals surface area (Å²) in [4.78, 5) is 39.7. The number of carbonyl (C=O) groups is 1. The molecule has 31 heavy (non-hydrogen) atoms. The molecule has 1 atom stereocenters. The Hall–Kier alpha value is -3.46. The Morgan fingerprint density at radius 3 is 2.71 bits per heavy atom. The Kier molecular flexibility index (Phi) is 5.60. The number of aromatic amines is 1. The van der Waals surface area contributed by atoms with E-state index >= 15 is 0 Å². The number of pyridine rings is 3. The Labute approximate surface area is 180 Å². The van der Waals surface area contributed by atoms with Crippen LogP contribution in [0.25, 0.3) is 11.0 Å². The Morgan fingerprint density at radius 1 is 1.23 bits per heavy atom. The van der Waals surface area contributed by atoms with Crippen molar-refractivity contribution in [3.05, 3.63) is 57.8 Å². The summed E-state index contributed by atoms with van der Waals surface area (Å²) in [6.45, 7) is 7.33. The van der Waals surface area contributed by atoms with Crippen molar-refractivity contribution in [3.63, 3.8) is 0 Å². The molecule has 9 heteroatoms. The average Bonchev–Trinajstić information content (AvgIpc) is 2.74. The number of amides is 1. The van der Waals surface area contributed by atoms with Crippen LogP contribution in [0, 0.1) is 0 Å². The molecule has 1 fully saturated rings.